The Morgan fingerprint density at radius 1 is 1.40 bits per heavy atom. The van der Waals surface area contributed by atoms with Gasteiger partial charge >= 0.3 is 5.82 Å². The zero-order valence-electron chi connectivity index (χ0n) is 17.9. The number of hydrogen-bond acceptors (Lipinski definition) is 8. The molecular formula is C19H15ClF2N8O4S. The van der Waals surface area contributed by atoms with Gasteiger partial charge in [-0.1, -0.05) is 16.7 Å². The van der Waals surface area contributed by atoms with Gasteiger partial charge < -0.3 is 21.2 Å². The molecule has 182 valence electrons. The largest absolute Gasteiger partial charge is 0.365 e. The second-order valence-corrected chi connectivity index (χ2v) is 8.55. The van der Waals surface area contributed by atoms with Crippen LogP contribution in [0.5, 0.6) is 0 Å². The minimum atomic E-state index is -2.92. The van der Waals surface area contributed by atoms with Gasteiger partial charge in [-0.2, -0.15) is 5.10 Å². The molecule has 16 heteroatoms. The molecule has 4 rings (SSSR count). The van der Waals surface area contributed by atoms with Crippen LogP contribution in [0, 0.1) is 17.0 Å². The van der Waals surface area contributed by atoms with E-state index in [2.05, 4.69) is 20.5 Å². The maximum Gasteiger partial charge on any atom is 0.362 e. The van der Waals surface area contributed by atoms with Crippen LogP contribution in [0.3, 0.4) is 0 Å². The molecule has 12 nitrogen and oxygen atoms in total. The van der Waals surface area contributed by atoms with Crippen LogP contribution in [0.15, 0.2) is 12.3 Å². The fourth-order valence-electron chi connectivity index (χ4n) is 3.44. The lowest BCUT2D eigenvalue weighted by Gasteiger charge is -2.10. The number of anilines is 1. The molecule has 35 heavy (non-hydrogen) atoms. The van der Waals surface area contributed by atoms with Crippen molar-refractivity contribution in [3.63, 3.8) is 0 Å². The van der Waals surface area contributed by atoms with Crippen LogP contribution in [-0.2, 0) is 6.54 Å². The lowest BCUT2D eigenvalue weighted by atomic mass is 10.0. The summed E-state index contributed by atoms with van der Waals surface area (Å²) >= 11 is 6.62. The predicted octanol–water partition coefficient (Wildman–Crippen LogP) is 4.06. The first-order valence-electron chi connectivity index (χ1n) is 9.82. The number of aromatic amines is 1. The SMILES string of the molecule is CCn1cc(-c2cc(C(F)F)nc3sc(C(N)=O)c(NC(=O)c4n[nH]c([N+](=O)[O-])c4Cl)c23)c(C)n1. The molecule has 0 spiro atoms. The highest BCUT2D eigenvalue weighted by Gasteiger charge is 2.30. The number of alkyl halides is 2. The highest BCUT2D eigenvalue weighted by molar-refractivity contribution is 7.21. The van der Waals surface area contributed by atoms with Crippen molar-refractivity contribution in [2.24, 2.45) is 5.73 Å². The average Bonchev–Trinajstić information content (AvgIpc) is 3.47. The van der Waals surface area contributed by atoms with Gasteiger partial charge in [-0.15, -0.1) is 16.4 Å². The lowest BCUT2D eigenvalue weighted by Crippen LogP contribution is -2.17. The summed E-state index contributed by atoms with van der Waals surface area (Å²) in [4.78, 5) is 39.1. The molecule has 4 aromatic rings. The Hall–Kier alpha value is -3.98. The molecule has 0 aliphatic rings. The molecule has 0 atom stereocenters. The van der Waals surface area contributed by atoms with E-state index >= 15 is 0 Å². The third-order valence-corrected chi connectivity index (χ3v) is 6.47. The number of fused-ring (bicyclic) bond motifs is 1. The summed E-state index contributed by atoms with van der Waals surface area (Å²) in [6.07, 6.45) is -1.28. The molecule has 0 aromatic carbocycles. The number of carbonyl (C=O) groups is 2. The van der Waals surface area contributed by atoms with Crippen LogP contribution < -0.4 is 11.1 Å². The summed E-state index contributed by atoms with van der Waals surface area (Å²) in [6, 6.07) is 1.15. The maximum absolute atomic E-state index is 13.7. The molecule has 0 aliphatic heterocycles. The van der Waals surface area contributed by atoms with Crippen LogP contribution in [-0.4, -0.2) is 41.7 Å². The molecule has 0 saturated carbocycles. The van der Waals surface area contributed by atoms with E-state index in [9.17, 15) is 28.5 Å². The van der Waals surface area contributed by atoms with Gasteiger partial charge in [0.15, 0.2) is 10.7 Å². The summed E-state index contributed by atoms with van der Waals surface area (Å²) in [7, 11) is 0. The number of amides is 2. The summed E-state index contributed by atoms with van der Waals surface area (Å²) in [6.45, 7) is 4.03. The minimum absolute atomic E-state index is 0.0182. The Balaban J connectivity index is 1.96. The van der Waals surface area contributed by atoms with E-state index < -0.39 is 45.4 Å². The van der Waals surface area contributed by atoms with Crippen LogP contribution in [0.25, 0.3) is 21.3 Å². The highest BCUT2D eigenvalue weighted by Crippen LogP contribution is 2.43. The Labute approximate surface area is 203 Å². The van der Waals surface area contributed by atoms with Gasteiger partial charge in [-0.3, -0.25) is 14.3 Å². The molecule has 0 unspecified atom stereocenters. The fraction of sp³-hybridized carbons (Fsp3) is 0.211. The van der Waals surface area contributed by atoms with E-state index in [1.54, 1.807) is 17.8 Å². The zero-order chi connectivity index (χ0) is 25.6. The topological polar surface area (TPSA) is 175 Å². The first kappa shape index (κ1) is 24.2. The van der Waals surface area contributed by atoms with E-state index in [1.165, 1.54) is 0 Å². The Morgan fingerprint density at radius 3 is 2.66 bits per heavy atom. The van der Waals surface area contributed by atoms with Crippen molar-refractivity contribution in [2.45, 2.75) is 26.8 Å². The standard InChI is InChI=1S/C19H15ClF2N8O4S/c1-3-29-5-8(6(2)28-29)7-4-9(15(21)22)24-19-10(7)12(14(35-19)16(23)31)25-18(32)13-11(20)17(27-26-13)30(33)34/h4-5,15H,3H2,1-2H3,(H2,23,31)(H,25,32)(H,26,27). The Kier molecular flexibility index (Phi) is 6.21. The molecule has 0 aliphatic carbocycles. The monoisotopic (exact) mass is 524 g/mol. The predicted molar refractivity (Wildman–Crippen MR) is 123 cm³/mol. The molecule has 0 saturated heterocycles. The van der Waals surface area contributed by atoms with Crippen molar-refractivity contribution in [1.82, 2.24) is 25.0 Å². The number of nitrogens with one attached hydrogen (secondary N) is 2. The molecule has 0 bridgehead atoms. The number of halogens is 3. The number of primary amides is 1. The van der Waals surface area contributed by atoms with Gasteiger partial charge in [0.2, 0.25) is 0 Å². The number of carbonyl (C=O) groups excluding carboxylic acids is 2. The van der Waals surface area contributed by atoms with Crippen molar-refractivity contribution in [2.75, 3.05) is 5.32 Å². The summed E-state index contributed by atoms with van der Waals surface area (Å²) < 4.78 is 28.9. The maximum atomic E-state index is 13.7. The first-order valence-corrected chi connectivity index (χ1v) is 11.0. The zero-order valence-corrected chi connectivity index (χ0v) is 19.5. The number of nitrogens with zero attached hydrogens (tertiary/aromatic N) is 5. The van der Waals surface area contributed by atoms with E-state index in [0.29, 0.717) is 29.1 Å². The quantitative estimate of drug-likeness (QED) is 0.241. The third-order valence-electron chi connectivity index (χ3n) is 5.02. The molecule has 4 aromatic heterocycles. The number of H-pyrrole nitrogens is 1. The van der Waals surface area contributed by atoms with Gasteiger partial charge in [0.1, 0.15) is 15.4 Å². The number of hydrogen-bond donors (Lipinski definition) is 3. The number of thiophene rings is 1. The van der Waals surface area contributed by atoms with Gasteiger partial charge in [0, 0.05) is 23.7 Å². The van der Waals surface area contributed by atoms with Crippen LogP contribution in [0.2, 0.25) is 5.02 Å². The molecule has 4 N–H and O–H groups in total. The Morgan fingerprint density at radius 2 is 2.11 bits per heavy atom. The normalized spacial score (nSPS) is 11.4. The van der Waals surface area contributed by atoms with Crippen molar-refractivity contribution >= 4 is 56.5 Å². The van der Waals surface area contributed by atoms with Crippen LogP contribution in [0.1, 0.15) is 44.9 Å². The van der Waals surface area contributed by atoms with Gasteiger partial charge in [0.25, 0.3) is 18.2 Å². The number of rotatable bonds is 7. The number of nitro groups is 1. The Bertz CT molecular complexity index is 1510. The van der Waals surface area contributed by atoms with Gasteiger partial charge in [-0.05, 0) is 30.4 Å². The van der Waals surface area contributed by atoms with Crippen LogP contribution in [0.4, 0.5) is 20.3 Å². The molecular weight excluding hydrogens is 510 g/mol. The van der Waals surface area contributed by atoms with Gasteiger partial charge in [-0.25, -0.2) is 13.8 Å². The van der Waals surface area contributed by atoms with E-state index in [-0.39, 0.29) is 26.3 Å². The molecule has 2 amide bonds. The number of nitrogens with two attached hydrogens (primary N) is 1. The third kappa shape index (κ3) is 4.19. The first-order chi connectivity index (χ1) is 16.5. The molecule has 4 heterocycles. The van der Waals surface area contributed by atoms with Crippen molar-refractivity contribution in [3.05, 3.63) is 49.4 Å². The summed E-state index contributed by atoms with van der Waals surface area (Å²) in [5, 5.41) is 23.0. The van der Waals surface area contributed by atoms with E-state index in [0.717, 1.165) is 6.07 Å². The van der Waals surface area contributed by atoms with Gasteiger partial charge in [0.05, 0.1) is 11.4 Å². The number of aromatic nitrogens is 5. The highest BCUT2D eigenvalue weighted by atomic mass is 35.5. The number of pyridine rings is 1. The van der Waals surface area contributed by atoms with E-state index in [4.69, 9.17) is 17.3 Å². The smallest absolute Gasteiger partial charge is 0.362 e. The van der Waals surface area contributed by atoms with Crippen molar-refractivity contribution in [3.8, 4) is 11.1 Å². The van der Waals surface area contributed by atoms with Crippen molar-refractivity contribution < 1.29 is 23.3 Å². The lowest BCUT2D eigenvalue weighted by molar-refractivity contribution is -0.389. The van der Waals surface area contributed by atoms with Crippen molar-refractivity contribution in [1.29, 1.82) is 0 Å². The average molecular weight is 525 g/mol. The summed E-state index contributed by atoms with van der Waals surface area (Å²) in [5.41, 5.74) is 5.55. The summed E-state index contributed by atoms with van der Waals surface area (Å²) in [5.74, 6) is -2.65. The fourth-order valence-corrected chi connectivity index (χ4v) is 4.70. The molecule has 0 radical (unpaired) electrons. The second kappa shape index (κ2) is 8.99. The van der Waals surface area contributed by atoms with Crippen LogP contribution >= 0.6 is 22.9 Å². The van der Waals surface area contributed by atoms with E-state index in [1.807, 2.05) is 12.0 Å². The molecule has 0 fully saturated rings. The second-order valence-electron chi connectivity index (χ2n) is 7.18. The number of aryl methyl sites for hydroxylation is 2. The minimum Gasteiger partial charge on any atom is -0.365 e.